The molecule has 0 bridgehead atoms. The molecule has 19 heavy (non-hydrogen) atoms. The molecule has 1 atom stereocenters. The van der Waals surface area contributed by atoms with Crippen LogP contribution in [0.5, 0.6) is 0 Å². The van der Waals surface area contributed by atoms with E-state index in [0.717, 1.165) is 32.7 Å². The molecule has 1 aliphatic rings. The van der Waals surface area contributed by atoms with Crippen LogP contribution in [0.4, 0.5) is 0 Å². The van der Waals surface area contributed by atoms with Crippen LogP contribution in [-0.2, 0) is 11.3 Å². The number of nitrogens with zero attached hydrogens (tertiary/aromatic N) is 3. The van der Waals surface area contributed by atoms with Gasteiger partial charge in [0.25, 0.3) is 0 Å². The molecule has 5 heteroatoms. The van der Waals surface area contributed by atoms with Gasteiger partial charge in [-0.3, -0.25) is 14.7 Å². The molecular formula is C14H22N4O. The van der Waals surface area contributed by atoms with Gasteiger partial charge in [-0.1, -0.05) is 13.0 Å². The lowest BCUT2D eigenvalue weighted by atomic mass is 10.2. The number of pyridine rings is 1. The van der Waals surface area contributed by atoms with Crippen LogP contribution in [0.1, 0.15) is 18.9 Å². The van der Waals surface area contributed by atoms with Crippen LogP contribution in [0.3, 0.4) is 0 Å². The maximum atomic E-state index is 12.0. The first-order chi connectivity index (χ1) is 9.20. The molecule has 0 unspecified atom stereocenters. The summed E-state index contributed by atoms with van der Waals surface area (Å²) in [5.74, 6) is 0.0866. The Morgan fingerprint density at radius 1 is 1.42 bits per heavy atom. The molecule has 1 aliphatic heterocycles. The Labute approximate surface area is 114 Å². The molecule has 2 N–H and O–H groups in total. The normalized spacial score (nSPS) is 18.3. The molecule has 5 nitrogen and oxygen atoms in total. The summed E-state index contributed by atoms with van der Waals surface area (Å²) in [6.45, 7) is 6.19. The molecule has 0 radical (unpaired) electrons. The molecule has 1 aromatic rings. The lowest BCUT2D eigenvalue weighted by Crippen LogP contribution is -2.52. The molecule has 1 amide bonds. The second-order valence-corrected chi connectivity index (χ2v) is 4.98. The Hall–Kier alpha value is -1.46. The van der Waals surface area contributed by atoms with Crippen LogP contribution in [-0.4, -0.2) is 52.9 Å². The highest BCUT2D eigenvalue weighted by molar-refractivity contribution is 5.81. The van der Waals surface area contributed by atoms with E-state index in [1.807, 2.05) is 24.1 Å². The number of carbonyl (C=O) groups excluding carboxylic acids is 1. The van der Waals surface area contributed by atoms with Gasteiger partial charge in [-0.25, -0.2) is 0 Å². The van der Waals surface area contributed by atoms with Crippen LogP contribution < -0.4 is 5.73 Å². The first-order valence-corrected chi connectivity index (χ1v) is 6.86. The van der Waals surface area contributed by atoms with Crippen LogP contribution in [0, 0.1) is 0 Å². The van der Waals surface area contributed by atoms with Crippen molar-refractivity contribution in [1.29, 1.82) is 0 Å². The molecule has 0 saturated carbocycles. The van der Waals surface area contributed by atoms with Crippen molar-refractivity contribution in [2.24, 2.45) is 5.73 Å². The van der Waals surface area contributed by atoms with Gasteiger partial charge in [0.15, 0.2) is 0 Å². The third kappa shape index (κ3) is 3.75. The van der Waals surface area contributed by atoms with Crippen molar-refractivity contribution in [1.82, 2.24) is 14.8 Å². The van der Waals surface area contributed by atoms with Gasteiger partial charge in [-0.05, 0) is 18.1 Å². The van der Waals surface area contributed by atoms with Crippen molar-refractivity contribution >= 4 is 5.91 Å². The van der Waals surface area contributed by atoms with E-state index in [2.05, 4.69) is 16.0 Å². The zero-order valence-electron chi connectivity index (χ0n) is 11.5. The predicted octanol–water partition coefficient (Wildman–Crippen LogP) is 0.463. The summed E-state index contributed by atoms with van der Waals surface area (Å²) < 4.78 is 0. The van der Waals surface area contributed by atoms with Crippen LogP contribution in [0.15, 0.2) is 24.5 Å². The Balaban J connectivity index is 1.81. The molecule has 1 saturated heterocycles. The van der Waals surface area contributed by atoms with Crippen molar-refractivity contribution in [3.8, 4) is 0 Å². The Morgan fingerprint density at radius 2 is 2.16 bits per heavy atom. The first kappa shape index (κ1) is 14.0. The van der Waals surface area contributed by atoms with E-state index < -0.39 is 0 Å². The highest BCUT2D eigenvalue weighted by atomic mass is 16.2. The Bertz CT molecular complexity index is 401. The molecule has 2 rings (SSSR count). The summed E-state index contributed by atoms with van der Waals surface area (Å²) >= 11 is 0. The van der Waals surface area contributed by atoms with Crippen molar-refractivity contribution < 1.29 is 4.79 Å². The van der Waals surface area contributed by atoms with E-state index in [1.165, 1.54) is 5.56 Å². The average molecular weight is 262 g/mol. The number of piperazine rings is 1. The Morgan fingerprint density at radius 3 is 2.74 bits per heavy atom. The fraction of sp³-hybridized carbons (Fsp3) is 0.571. The minimum Gasteiger partial charge on any atom is -0.339 e. The van der Waals surface area contributed by atoms with Crippen molar-refractivity contribution in [2.75, 3.05) is 26.2 Å². The van der Waals surface area contributed by atoms with Crippen molar-refractivity contribution in [3.05, 3.63) is 30.1 Å². The maximum Gasteiger partial charge on any atom is 0.239 e. The van der Waals surface area contributed by atoms with Crippen molar-refractivity contribution in [2.45, 2.75) is 25.9 Å². The molecular weight excluding hydrogens is 240 g/mol. The molecule has 104 valence electrons. The Kier molecular flexibility index (Phi) is 4.87. The summed E-state index contributed by atoms with van der Waals surface area (Å²) in [4.78, 5) is 20.3. The van der Waals surface area contributed by atoms with E-state index in [1.54, 1.807) is 6.20 Å². The van der Waals surface area contributed by atoms with E-state index >= 15 is 0 Å². The summed E-state index contributed by atoms with van der Waals surface area (Å²) in [6, 6.07) is 3.69. The number of hydrogen-bond donors (Lipinski definition) is 1. The summed E-state index contributed by atoms with van der Waals surface area (Å²) in [5.41, 5.74) is 7.01. The van der Waals surface area contributed by atoms with Crippen LogP contribution >= 0.6 is 0 Å². The highest BCUT2D eigenvalue weighted by Gasteiger charge is 2.24. The van der Waals surface area contributed by atoms with E-state index in [0.29, 0.717) is 6.42 Å². The summed E-state index contributed by atoms with van der Waals surface area (Å²) in [5, 5.41) is 0. The van der Waals surface area contributed by atoms with Crippen LogP contribution in [0.25, 0.3) is 0 Å². The van der Waals surface area contributed by atoms with Crippen molar-refractivity contribution in [3.63, 3.8) is 0 Å². The molecule has 0 spiro atoms. The number of amides is 1. The molecule has 2 heterocycles. The topological polar surface area (TPSA) is 62.5 Å². The van der Waals surface area contributed by atoms with Gasteiger partial charge >= 0.3 is 0 Å². The SMILES string of the molecule is CC[C@@H](N)C(=O)N1CCN(Cc2cccnc2)CC1. The summed E-state index contributed by atoms with van der Waals surface area (Å²) in [6.07, 6.45) is 4.38. The van der Waals surface area contributed by atoms with E-state index in [-0.39, 0.29) is 11.9 Å². The number of rotatable bonds is 4. The fourth-order valence-electron chi connectivity index (χ4n) is 2.29. The number of aromatic nitrogens is 1. The van der Waals surface area contributed by atoms with Crippen LogP contribution in [0.2, 0.25) is 0 Å². The smallest absolute Gasteiger partial charge is 0.239 e. The average Bonchev–Trinajstić information content (AvgIpc) is 2.47. The maximum absolute atomic E-state index is 12.0. The summed E-state index contributed by atoms with van der Waals surface area (Å²) in [7, 11) is 0. The fourth-order valence-corrected chi connectivity index (χ4v) is 2.29. The number of carbonyl (C=O) groups is 1. The van der Waals surface area contributed by atoms with Gasteiger partial charge in [0.2, 0.25) is 5.91 Å². The quantitative estimate of drug-likeness (QED) is 0.856. The molecule has 0 aromatic carbocycles. The third-order valence-corrected chi connectivity index (χ3v) is 3.57. The van der Waals surface area contributed by atoms with Gasteiger partial charge < -0.3 is 10.6 Å². The predicted molar refractivity (Wildman–Crippen MR) is 74.4 cm³/mol. The number of hydrogen-bond acceptors (Lipinski definition) is 4. The lowest BCUT2D eigenvalue weighted by molar-refractivity contribution is -0.134. The van der Waals surface area contributed by atoms with Gasteiger partial charge in [-0.2, -0.15) is 0 Å². The second kappa shape index (κ2) is 6.63. The van der Waals surface area contributed by atoms with Gasteiger partial charge in [0.05, 0.1) is 6.04 Å². The van der Waals surface area contributed by atoms with E-state index in [9.17, 15) is 4.79 Å². The zero-order chi connectivity index (χ0) is 13.7. The standard InChI is InChI=1S/C14H22N4O/c1-2-13(15)14(19)18-8-6-17(7-9-18)11-12-4-3-5-16-10-12/h3-5,10,13H,2,6-9,11,15H2,1H3/t13-/m1/s1. The molecule has 1 aromatic heterocycles. The highest BCUT2D eigenvalue weighted by Crippen LogP contribution is 2.08. The van der Waals surface area contributed by atoms with Gasteiger partial charge in [-0.15, -0.1) is 0 Å². The third-order valence-electron chi connectivity index (χ3n) is 3.57. The second-order valence-electron chi connectivity index (χ2n) is 4.98. The zero-order valence-corrected chi connectivity index (χ0v) is 11.5. The van der Waals surface area contributed by atoms with E-state index in [4.69, 9.17) is 5.73 Å². The largest absolute Gasteiger partial charge is 0.339 e. The molecule has 1 fully saturated rings. The minimum atomic E-state index is -0.343. The minimum absolute atomic E-state index is 0.0866. The first-order valence-electron chi connectivity index (χ1n) is 6.86. The molecule has 0 aliphatic carbocycles. The lowest BCUT2D eigenvalue weighted by Gasteiger charge is -2.35. The number of nitrogens with two attached hydrogens (primary N) is 1. The monoisotopic (exact) mass is 262 g/mol. The van der Waals surface area contributed by atoms with Gasteiger partial charge in [0.1, 0.15) is 0 Å². The van der Waals surface area contributed by atoms with Gasteiger partial charge in [0, 0.05) is 45.1 Å².